The molecule has 2 aromatic carbocycles. The third-order valence-electron chi connectivity index (χ3n) is 4.29. The van der Waals surface area contributed by atoms with Crippen molar-refractivity contribution < 1.29 is 9.53 Å². The maximum atomic E-state index is 12.0. The van der Waals surface area contributed by atoms with Gasteiger partial charge in [-0.15, -0.1) is 0 Å². The Hall–Kier alpha value is -2.17. The second kappa shape index (κ2) is 8.62. The Balaban J connectivity index is 1.40. The second-order valence-corrected chi connectivity index (χ2v) is 6.05. The van der Waals surface area contributed by atoms with E-state index in [0.717, 1.165) is 32.7 Å². The molecule has 0 saturated carbocycles. The van der Waals surface area contributed by atoms with Crippen molar-refractivity contribution in [2.24, 2.45) is 0 Å². The van der Waals surface area contributed by atoms with Crippen molar-refractivity contribution in [3.63, 3.8) is 0 Å². The molecule has 1 aliphatic heterocycles. The van der Waals surface area contributed by atoms with Crippen LogP contribution in [0.1, 0.15) is 28.4 Å². The number of amides is 1. The van der Waals surface area contributed by atoms with Crippen LogP contribution in [0.15, 0.2) is 60.7 Å². The molecule has 4 nitrogen and oxygen atoms in total. The Kier molecular flexibility index (Phi) is 5.99. The van der Waals surface area contributed by atoms with E-state index >= 15 is 0 Å². The zero-order valence-corrected chi connectivity index (χ0v) is 13.9. The zero-order chi connectivity index (χ0) is 16.6. The first-order valence-corrected chi connectivity index (χ1v) is 8.55. The summed E-state index contributed by atoms with van der Waals surface area (Å²) >= 11 is 0. The summed E-state index contributed by atoms with van der Waals surface area (Å²) in [6.07, 6.45) is 1.10. The third-order valence-corrected chi connectivity index (χ3v) is 4.29. The zero-order valence-electron chi connectivity index (χ0n) is 13.9. The maximum absolute atomic E-state index is 12.0. The van der Waals surface area contributed by atoms with Crippen molar-refractivity contribution in [3.8, 4) is 0 Å². The molecule has 1 fully saturated rings. The summed E-state index contributed by atoms with van der Waals surface area (Å²) in [5, 5.41) is 2.98. The van der Waals surface area contributed by atoms with Crippen molar-refractivity contribution in [1.82, 2.24) is 10.2 Å². The van der Waals surface area contributed by atoms with Crippen molar-refractivity contribution >= 4 is 5.91 Å². The molecular weight excluding hydrogens is 300 g/mol. The normalized spacial score (nSPS) is 18.2. The van der Waals surface area contributed by atoms with Gasteiger partial charge in [0.1, 0.15) is 0 Å². The van der Waals surface area contributed by atoms with E-state index in [1.165, 1.54) is 5.56 Å². The van der Waals surface area contributed by atoms with Gasteiger partial charge in [-0.1, -0.05) is 48.5 Å². The number of hydrogen-bond acceptors (Lipinski definition) is 3. The number of rotatable bonds is 6. The average molecular weight is 324 g/mol. The summed E-state index contributed by atoms with van der Waals surface area (Å²) in [6, 6.07) is 19.7. The first-order valence-electron chi connectivity index (χ1n) is 8.55. The van der Waals surface area contributed by atoms with E-state index in [1.54, 1.807) is 0 Å². The van der Waals surface area contributed by atoms with Gasteiger partial charge in [-0.3, -0.25) is 9.69 Å². The van der Waals surface area contributed by atoms with Crippen LogP contribution in [-0.4, -0.2) is 43.6 Å². The standard InChI is InChI=1S/C20H24N2O2/c23-20(18-10-5-2-6-11-18)21-12-7-13-22-14-15-24-19(16-22)17-8-3-1-4-9-17/h1-6,8-11,19H,7,12-16H2,(H,21,23). The molecule has 1 amide bonds. The van der Waals surface area contributed by atoms with Crippen molar-refractivity contribution in [2.75, 3.05) is 32.8 Å². The number of nitrogens with one attached hydrogen (secondary N) is 1. The van der Waals surface area contributed by atoms with E-state index in [9.17, 15) is 4.79 Å². The minimum absolute atomic E-state index is 0.000241. The maximum Gasteiger partial charge on any atom is 0.251 e. The molecule has 1 aliphatic rings. The van der Waals surface area contributed by atoms with E-state index in [0.29, 0.717) is 12.1 Å². The van der Waals surface area contributed by atoms with Crippen molar-refractivity contribution in [1.29, 1.82) is 0 Å². The first kappa shape index (κ1) is 16.7. The molecule has 1 unspecified atom stereocenters. The van der Waals surface area contributed by atoms with Gasteiger partial charge in [-0.2, -0.15) is 0 Å². The fraction of sp³-hybridized carbons (Fsp3) is 0.350. The summed E-state index contributed by atoms with van der Waals surface area (Å²) < 4.78 is 5.89. The van der Waals surface area contributed by atoms with Gasteiger partial charge in [0.2, 0.25) is 0 Å². The van der Waals surface area contributed by atoms with Crippen LogP contribution in [0.25, 0.3) is 0 Å². The summed E-state index contributed by atoms with van der Waals surface area (Å²) in [7, 11) is 0. The van der Waals surface area contributed by atoms with Crippen LogP contribution in [0.2, 0.25) is 0 Å². The fourth-order valence-corrected chi connectivity index (χ4v) is 2.97. The molecule has 0 radical (unpaired) electrons. The minimum Gasteiger partial charge on any atom is -0.371 e. The molecule has 0 spiro atoms. The molecule has 1 saturated heterocycles. The van der Waals surface area contributed by atoms with Gasteiger partial charge < -0.3 is 10.1 Å². The Morgan fingerprint density at radius 3 is 2.54 bits per heavy atom. The quantitative estimate of drug-likeness (QED) is 0.831. The van der Waals surface area contributed by atoms with Crippen LogP contribution >= 0.6 is 0 Å². The molecule has 0 aromatic heterocycles. The highest BCUT2D eigenvalue weighted by atomic mass is 16.5. The Labute approximate surface area is 143 Å². The number of benzene rings is 2. The van der Waals surface area contributed by atoms with E-state index in [4.69, 9.17) is 4.74 Å². The van der Waals surface area contributed by atoms with Gasteiger partial charge in [0.05, 0.1) is 12.7 Å². The monoisotopic (exact) mass is 324 g/mol. The first-order chi connectivity index (χ1) is 11.8. The summed E-state index contributed by atoms with van der Waals surface area (Å²) in [6.45, 7) is 4.30. The van der Waals surface area contributed by atoms with Gasteiger partial charge in [0, 0.05) is 31.7 Å². The number of carbonyl (C=O) groups is 1. The molecule has 2 aromatic rings. The van der Waals surface area contributed by atoms with Gasteiger partial charge in [-0.25, -0.2) is 0 Å². The number of ether oxygens (including phenoxy) is 1. The molecular formula is C20H24N2O2. The lowest BCUT2D eigenvalue weighted by Crippen LogP contribution is -2.39. The van der Waals surface area contributed by atoms with Crippen LogP contribution in [0.5, 0.6) is 0 Å². The molecule has 1 N–H and O–H groups in total. The Morgan fingerprint density at radius 2 is 1.79 bits per heavy atom. The lowest BCUT2D eigenvalue weighted by atomic mass is 10.1. The minimum atomic E-state index is -0.000241. The Bertz CT molecular complexity index is 631. The van der Waals surface area contributed by atoms with E-state index in [-0.39, 0.29) is 12.0 Å². The number of hydrogen-bond donors (Lipinski definition) is 1. The van der Waals surface area contributed by atoms with Crippen LogP contribution in [0.3, 0.4) is 0 Å². The summed E-state index contributed by atoms with van der Waals surface area (Å²) in [5.74, 6) is -0.000241. The van der Waals surface area contributed by atoms with Crippen molar-refractivity contribution in [3.05, 3.63) is 71.8 Å². The van der Waals surface area contributed by atoms with Gasteiger partial charge >= 0.3 is 0 Å². The number of carbonyl (C=O) groups excluding carboxylic acids is 1. The lowest BCUT2D eigenvalue weighted by molar-refractivity contribution is -0.0301. The highest BCUT2D eigenvalue weighted by molar-refractivity contribution is 5.94. The van der Waals surface area contributed by atoms with E-state index in [1.807, 2.05) is 36.4 Å². The molecule has 0 aliphatic carbocycles. The number of morpholine rings is 1. The summed E-state index contributed by atoms with van der Waals surface area (Å²) in [4.78, 5) is 14.4. The molecule has 1 atom stereocenters. The van der Waals surface area contributed by atoms with Crippen LogP contribution in [-0.2, 0) is 4.74 Å². The highest BCUT2D eigenvalue weighted by Gasteiger charge is 2.21. The fourth-order valence-electron chi connectivity index (χ4n) is 2.97. The number of nitrogens with zero attached hydrogens (tertiary/aromatic N) is 1. The van der Waals surface area contributed by atoms with Gasteiger partial charge in [0.25, 0.3) is 5.91 Å². The molecule has 126 valence electrons. The molecule has 24 heavy (non-hydrogen) atoms. The van der Waals surface area contributed by atoms with E-state index < -0.39 is 0 Å². The van der Waals surface area contributed by atoms with Gasteiger partial charge in [0.15, 0.2) is 0 Å². The molecule has 3 rings (SSSR count). The largest absolute Gasteiger partial charge is 0.371 e. The summed E-state index contributed by atoms with van der Waals surface area (Å²) in [5.41, 5.74) is 1.95. The van der Waals surface area contributed by atoms with Gasteiger partial charge in [-0.05, 0) is 24.1 Å². The molecule has 1 heterocycles. The smallest absolute Gasteiger partial charge is 0.251 e. The Morgan fingerprint density at radius 1 is 1.08 bits per heavy atom. The predicted molar refractivity (Wildman–Crippen MR) is 95.0 cm³/mol. The van der Waals surface area contributed by atoms with Crippen LogP contribution in [0, 0.1) is 0 Å². The third kappa shape index (κ3) is 4.66. The highest BCUT2D eigenvalue weighted by Crippen LogP contribution is 2.21. The SMILES string of the molecule is O=C(NCCCN1CCOC(c2ccccc2)C1)c1ccccc1. The van der Waals surface area contributed by atoms with Crippen LogP contribution in [0.4, 0.5) is 0 Å². The average Bonchev–Trinajstić information content (AvgIpc) is 2.67. The topological polar surface area (TPSA) is 41.6 Å². The van der Waals surface area contributed by atoms with Crippen LogP contribution < -0.4 is 5.32 Å². The lowest BCUT2D eigenvalue weighted by Gasteiger charge is -2.33. The van der Waals surface area contributed by atoms with E-state index in [2.05, 4.69) is 34.5 Å². The molecule has 4 heteroatoms. The predicted octanol–water partition coefficient (Wildman–Crippen LogP) is 2.88. The molecule has 0 bridgehead atoms. The second-order valence-electron chi connectivity index (χ2n) is 6.05. The van der Waals surface area contributed by atoms with Crippen molar-refractivity contribution in [2.45, 2.75) is 12.5 Å².